The number of aromatic nitrogens is 2. The van der Waals surface area contributed by atoms with Crippen LogP contribution in [0, 0.1) is 0 Å². The molecule has 2 heterocycles. The van der Waals surface area contributed by atoms with E-state index >= 15 is 0 Å². The van der Waals surface area contributed by atoms with Crippen molar-refractivity contribution in [3.63, 3.8) is 0 Å². The lowest BCUT2D eigenvalue weighted by Crippen LogP contribution is -2.35. The molecule has 0 spiro atoms. The second kappa shape index (κ2) is 10.1. The Labute approximate surface area is 177 Å². The van der Waals surface area contributed by atoms with Crippen molar-refractivity contribution in [2.24, 2.45) is 0 Å². The molecule has 0 radical (unpaired) electrons. The van der Waals surface area contributed by atoms with Crippen molar-refractivity contribution in [2.75, 3.05) is 13.7 Å². The van der Waals surface area contributed by atoms with Gasteiger partial charge in [-0.2, -0.15) is 5.09 Å². The van der Waals surface area contributed by atoms with Gasteiger partial charge in [-0.25, -0.2) is 9.36 Å². The van der Waals surface area contributed by atoms with Gasteiger partial charge in [0, 0.05) is 12.3 Å². The molecule has 4 unspecified atom stereocenters. The average Bonchev–Trinajstić information content (AvgIpc) is 3.21. The highest BCUT2D eigenvalue weighted by Gasteiger charge is 2.35. The van der Waals surface area contributed by atoms with Gasteiger partial charge in [0.2, 0.25) is 0 Å². The van der Waals surface area contributed by atoms with E-state index in [9.17, 15) is 18.9 Å². The standard InChI is InChI=1S/C19H24N3O8P/c1-13(18(24)27-2)21-31(26,30-14-6-4-3-5-7-14)28-12-15-8-9-17(29-15)22-11-10-16(23)20-19(22)25/h3-7,10-11,13,15,17H,8-9,12H2,1-2H3,(H,21,26)(H,20,23,25). The second-order valence-electron chi connectivity index (χ2n) is 6.88. The number of esters is 1. The minimum absolute atomic E-state index is 0.112. The van der Waals surface area contributed by atoms with Gasteiger partial charge in [-0.15, -0.1) is 0 Å². The van der Waals surface area contributed by atoms with Crippen molar-refractivity contribution in [3.8, 4) is 5.75 Å². The van der Waals surface area contributed by atoms with Gasteiger partial charge in [-0.3, -0.25) is 23.7 Å². The summed E-state index contributed by atoms with van der Waals surface area (Å²) >= 11 is 0. The van der Waals surface area contributed by atoms with Gasteiger partial charge >= 0.3 is 19.4 Å². The molecule has 1 saturated heterocycles. The molecule has 0 bridgehead atoms. The van der Waals surface area contributed by atoms with E-state index in [1.165, 1.54) is 30.9 Å². The van der Waals surface area contributed by atoms with E-state index in [2.05, 4.69) is 14.8 Å². The minimum Gasteiger partial charge on any atom is -0.468 e. The summed E-state index contributed by atoms with van der Waals surface area (Å²) in [6, 6.07) is 8.67. The van der Waals surface area contributed by atoms with Crippen molar-refractivity contribution in [3.05, 3.63) is 63.4 Å². The lowest BCUT2D eigenvalue weighted by Gasteiger charge is -2.24. The smallest absolute Gasteiger partial charge is 0.459 e. The number of aromatic amines is 1. The third kappa shape index (κ3) is 6.14. The van der Waals surface area contributed by atoms with Crippen LogP contribution >= 0.6 is 7.75 Å². The Kier molecular flexibility index (Phi) is 7.45. The minimum atomic E-state index is -3.97. The van der Waals surface area contributed by atoms with Crippen molar-refractivity contribution < 1.29 is 27.9 Å². The third-order valence-electron chi connectivity index (χ3n) is 4.55. The van der Waals surface area contributed by atoms with Gasteiger partial charge < -0.3 is 14.0 Å². The lowest BCUT2D eigenvalue weighted by molar-refractivity contribution is -0.142. The third-order valence-corrected chi connectivity index (χ3v) is 6.20. The van der Waals surface area contributed by atoms with E-state index in [4.69, 9.17) is 13.8 Å². The molecule has 4 atom stereocenters. The molecule has 0 amide bonds. The maximum absolute atomic E-state index is 13.3. The number of para-hydroxylation sites is 1. The number of hydrogen-bond acceptors (Lipinski definition) is 8. The molecular weight excluding hydrogens is 429 g/mol. The van der Waals surface area contributed by atoms with E-state index in [0.717, 1.165) is 0 Å². The number of carbonyl (C=O) groups is 1. The summed E-state index contributed by atoms with van der Waals surface area (Å²) in [5, 5.41) is 2.56. The first-order chi connectivity index (χ1) is 14.8. The number of nitrogens with one attached hydrogen (secondary N) is 2. The zero-order valence-electron chi connectivity index (χ0n) is 17.1. The fraction of sp³-hybridized carbons (Fsp3) is 0.421. The Balaban J connectivity index is 1.67. The fourth-order valence-electron chi connectivity index (χ4n) is 3.03. The molecule has 2 N–H and O–H groups in total. The number of benzene rings is 1. The second-order valence-corrected chi connectivity index (χ2v) is 8.57. The van der Waals surface area contributed by atoms with Gasteiger partial charge in [0.25, 0.3) is 5.56 Å². The molecule has 1 aliphatic rings. The van der Waals surface area contributed by atoms with Crippen LogP contribution in [0.1, 0.15) is 26.0 Å². The van der Waals surface area contributed by atoms with Crippen molar-refractivity contribution >= 4 is 13.7 Å². The first kappa shape index (κ1) is 23.0. The topological polar surface area (TPSA) is 138 Å². The summed E-state index contributed by atoms with van der Waals surface area (Å²) in [5.74, 6) is -0.337. The van der Waals surface area contributed by atoms with Gasteiger partial charge in [0.05, 0.1) is 19.8 Å². The Hall–Kier alpha value is -2.72. The van der Waals surface area contributed by atoms with Crippen LogP contribution in [0.2, 0.25) is 0 Å². The highest BCUT2D eigenvalue weighted by molar-refractivity contribution is 7.52. The molecule has 0 aliphatic carbocycles. The fourth-order valence-corrected chi connectivity index (χ4v) is 4.55. The van der Waals surface area contributed by atoms with Crippen molar-refractivity contribution in [1.29, 1.82) is 0 Å². The van der Waals surface area contributed by atoms with Crippen LogP contribution in [0.5, 0.6) is 5.75 Å². The summed E-state index contributed by atoms with van der Waals surface area (Å²) in [6.45, 7) is 1.36. The van der Waals surface area contributed by atoms with Crippen molar-refractivity contribution in [1.82, 2.24) is 14.6 Å². The number of ether oxygens (including phenoxy) is 2. The summed E-state index contributed by atoms with van der Waals surface area (Å²) < 4.78 is 36.1. The summed E-state index contributed by atoms with van der Waals surface area (Å²) in [7, 11) is -2.75. The molecule has 168 valence electrons. The van der Waals surface area contributed by atoms with Crippen LogP contribution in [-0.2, 0) is 23.4 Å². The maximum Gasteiger partial charge on any atom is 0.459 e. The molecule has 1 fully saturated rings. The number of hydrogen-bond donors (Lipinski definition) is 2. The highest BCUT2D eigenvalue weighted by Crippen LogP contribution is 2.45. The van der Waals surface area contributed by atoms with Crippen LogP contribution in [0.25, 0.3) is 0 Å². The van der Waals surface area contributed by atoms with Crippen LogP contribution < -0.4 is 20.9 Å². The normalized spacial score (nSPS) is 21.2. The van der Waals surface area contributed by atoms with Gasteiger partial charge in [-0.05, 0) is 31.9 Å². The van der Waals surface area contributed by atoms with Gasteiger partial charge in [0.15, 0.2) is 0 Å². The summed E-state index contributed by atoms with van der Waals surface area (Å²) in [4.78, 5) is 37.1. The Morgan fingerprint density at radius 1 is 1.29 bits per heavy atom. The quantitative estimate of drug-likeness (QED) is 0.428. The molecule has 1 aromatic carbocycles. The average molecular weight is 453 g/mol. The highest BCUT2D eigenvalue weighted by atomic mass is 31.2. The molecule has 31 heavy (non-hydrogen) atoms. The number of H-pyrrole nitrogens is 1. The van der Waals surface area contributed by atoms with Gasteiger partial charge in [0.1, 0.15) is 18.0 Å². The zero-order chi connectivity index (χ0) is 22.4. The summed E-state index contributed by atoms with van der Waals surface area (Å²) in [5.41, 5.74) is -1.07. The number of nitrogens with zero attached hydrogens (tertiary/aromatic N) is 1. The van der Waals surface area contributed by atoms with E-state index in [-0.39, 0.29) is 6.61 Å². The van der Waals surface area contributed by atoms with E-state index in [1.807, 2.05) is 0 Å². The summed E-state index contributed by atoms with van der Waals surface area (Å²) in [6.07, 6.45) is 1.31. The molecular formula is C19H24N3O8P. The molecule has 11 nitrogen and oxygen atoms in total. The van der Waals surface area contributed by atoms with Crippen LogP contribution in [0.3, 0.4) is 0 Å². The molecule has 1 aromatic heterocycles. The van der Waals surface area contributed by atoms with E-state index in [1.54, 1.807) is 30.3 Å². The number of rotatable bonds is 9. The molecule has 3 rings (SSSR count). The molecule has 0 saturated carbocycles. The predicted octanol–water partition coefficient (Wildman–Crippen LogP) is 1.57. The predicted molar refractivity (Wildman–Crippen MR) is 110 cm³/mol. The molecule has 12 heteroatoms. The van der Waals surface area contributed by atoms with E-state index < -0.39 is 43.3 Å². The maximum atomic E-state index is 13.3. The van der Waals surface area contributed by atoms with Crippen molar-refractivity contribution in [2.45, 2.75) is 38.1 Å². The Bertz CT molecular complexity index is 1050. The van der Waals surface area contributed by atoms with Gasteiger partial charge in [-0.1, -0.05) is 18.2 Å². The monoisotopic (exact) mass is 453 g/mol. The zero-order valence-corrected chi connectivity index (χ0v) is 17.9. The SMILES string of the molecule is COC(=O)C(C)NP(=O)(OCC1CCC(n2ccc(=O)[nH]c2=O)O1)Oc1ccccc1. The first-order valence-corrected chi connectivity index (χ1v) is 11.2. The Morgan fingerprint density at radius 3 is 2.71 bits per heavy atom. The number of carbonyl (C=O) groups excluding carboxylic acids is 1. The molecule has 2 aromatic rings. The first-order valence-electron chi connectivity index (χ1n) is 9.61. The van der Waals surface area contributed by atoms with E-state index in [0.29, 0.717) is 18.6 Å². The molecule has 1 aliphatic heterocycles. The Morgan fingerprint density at radius 2 is 2.03 bits per heavy atom. The van der Waals surface area contributed by atoms with Crippen LogP contribution in [-0.4, -0.2) is 41.4 Å². The van der Waals surface area contributed by atoms with Crippen LogP contribution in [0.4, 0.5) is 0 Å². The lowest BCUT2D eigenvalue weighted by atomic mass is 10.2. The largest absolute Gasteiger partial charge is 0.468 e. The van der Waals surface area contributed by atoms with Crippen LogP contribution in [0.15, 0.2) is 52.2 Å². The number of methoxy groups -OCH3 is 1.